The summed E-state index contributed by atoms with van der Waals surface area (Å²) in [5, 5.41) is 13.1. The SMILES string of the molecule is N#Cc1ccccc1CO/N=C\c1ccc(OCc2ccccc2)c(I)c1. The standard InChI is InChI=1S/C22H17IN2O2/c23-21-12-18(10-11-22(21)26-15-17-6-2-1-3-7-17)14-25-27-16-20-9-5-4-8-19(20)13-24/h1-12,14H,15-16H2/b25-14-. The fourth-order valence-electron chi connectivity index (χ4n) is 2.41. The number of ether oxygens (including phenoxy) is 1. The van der Waals surface area contributed by atoms with E-state index in [2.05, 4.69) is 33.8 Å². The summed E-state index contributed by atoms with van der Waals surface area (Å²) in [6, 6.07) is 25.4. The van der Waals surface area contributed by atoms with Gasteiger partial charge in [0.15, 0.2) is 0 Å². The summed E-state index contributed by atoms with van der Waals surface area (Å²) in [6.07, 6.45) is 1.65. The summed E-state index contributed by atoms with van der Waals surface area (Å²) in [7, 11) is 0. The van der Waals surface area contributed by atoms with E-state index < -0.39 is 0 Å². The van der Waals surface area contributed by atoms with E-state index in [1.54, 1.807) is 12.3 Å². The van der Waals surface area contributed by atoms with Crippen molar-refractivity contribution in [2.24, 2.45) is 5.16 Å². The van der Waals surface area contributed by atoms with Crippen LogP contribution in [0.4, 0.5) is 0 Å². The largest absolute Gasteiger partial charge is 0.488 e. The van der Waals surface area contributed by atoms with Crippen molar-refractivity contribution in [2.45, 2.75) is 13.2 Å². The Morgan fingerprint density at radius 2 is 1.74 bits per heavy atom. The first-order valence-electron chi connectivity index (χ1n) is 8.36. The highest BCUT2D eigenvalue weighted by Gasteiger charge is 2.03. The zero-order valence-electron chi connectivity index (χ0n) is 14.5. The molecule has 0 bridgehead atoms. The molecule has 0 fully saturated rings. The maximum Gasteiger partial charge on any atom is 0.143 e. The Labute approximate surface area is 172 Å². The lowest BCUT2D eigenvalue weighted by molar-refractivity contribution is 0.132. The lowest BCUT2D eigenvalue weighted by Gasteiger charge is -2.09. The van der Waals surface area contributed by atoms with Crippen molar-refractivity contribution < 1.29 is 9.57 Å². The minimum Gasteiger partial charge on any atom is -0.488 e. The molecule has 0 aromatic heterocycles. The maximum absolute atomic E-state index is 9.07. The molecule has 0 saturated heterocycles. The molecule has 0 saturated carbocycles. The van der Waals surface area contributed by atoms with Crippen molar-refractivity contribution in [3.63, 3.8) is 0 Å². The summed E-state index contributed by atoms with van der Waals surface area (Å²) in [4.78, 5) is 5.33. The average Bonchev–Trinajstić information content (AvgIpc) is 2.71. The molecule has 5 heteroatoms. The zero-order chi connectivity index (χ0) is 18.9. The number of benzene rings is 3. The number of halogens is 1. The van der Waals surface area contributed by atoms with E-state index in [1.165, 1.54) is 0 Å². The van der Waals surface area contributed by atoms with Gasteiger partial charge in [-0.3, -0.25) is 0 Å². The van der Waals surface area contributed by atoms with Crippen molar-refractivity contribution >= 4 is 28.8 Å². The maximum atomic E-state index is 9.07. The van der Waals surface area contributed by atoms with Crippen molar-refractivity contribution in [3.05, 3.63) is 98.6 Å². The Kier molecular flexibility index (Phi) is 6.83. The minimum absolute atomic E-state index is 0.260. The Morgan fingerprint density at radius 3 is 2.52 bits per heavy atom. The van der Waals surface area contributed by atoms with Crippen LogP contribution in [0.1, 0.15) is 22.3 Å². The third-order valence-electron chi connectivity index (χ3n) is 3.83. The summed E-state index contributed by atoms with van der Waals surface area (Å²) in [5.41, 5.74) is 3.46. The Hall–Kier alpha value is -2.85. The van der Waals surface area contributed by atoms with E-state index >= 15 is 0 Å². The van der Waals surface area contributed by atoms with Crippen molar-refractivity contribution in [1.29, 1.82) is 5.26 Å². The first-order chi connectivity index (χ1) is 13.3. The van der Waals surface area contributed by atoms with Gasteiger partial charge in [-0.15, -0.1) is 0 Å². The second-order valence-corrected chi connectivity index (χ2v) is 6.90. The van der Waals surface area contributed by atoms with E-state index in [1.807, 2.05) is 66.7 Å². The van der Waals surface area contributed by atoms with Crippen LogP contribution in [0.25, 0.3) is 0 Å². The molecular formula is C22H17IN2O2. The normalized spacial score (nSPS) is 10.5. The van der Waals surface area contributed by atoms with Crippen LogP contribution in [-0.4, -0.2) is 6.21 Å². The van der Waals surface area contributed by atoms with Crippen molar-refractivity contribution in [1.82, 2.24) is 0 Å². The molecule has 27 heavy (non-hydrogen) atoms. The first kappa shape index (κ1) is 18.9. The van der Waals surface area contributed by atoms with Crippen LogP contribution in [0.5, 0.6) is 5.75 Å². The number of hydrogen-bond acceptors (Lipinski definition) is 4. The van der Waals surface area contributed by atoms with E-state index in [0.717, 1.165) is 26.0 Å². The molecule has 4 nitrogen and oxygen atoms in total. The van der Waals surface area contributed by atoms with Crippen LogP contribution in [0.2, 0.25) is 0 Å². The molecule has 0 aliphatic carbocycles. The smallest absolute Gasteiger partial charge is 0.143 e. The summed E-state index contributed by atoms with van der Waals surface area (Å²) in [5.74, 6) is 0.834. The molecule has 0 aliphatic rings. The quantitative estimate of drug-likeness (QED) is 0.269. The van der Waals surface area contributed by atoms with Gasteiger partial charge in [0, 0.05) is 5.56 Å². The van der Waals surface area contributed by atoms with E-state index in [4.69, 9.17) is 14.8 Å². The number of hydrogen-bond donors (Lipinski definition) is 0. The lowest BCUT2D eigenvalue weighted by atomic mass is 10.1. The van der Waals surface area contributed by atoms with Crippen molar-refractivity contribution in [2.75, 3.05) is 0 Å². The Bertz CT molecular complexity index is 966. The average molecular weight is 468 g/mol. The first-order valence-corrected chi connectivity index (χ1v) is 9.44. The number of oxime groups is 1. The van der Waals surface area contributed by atoms with Gasteiger partial charge in [0.25, 0.3) is 0 Å². The molecule has 0 atom stereocenters. The fourth-order valence-corrected chi connectivity index (χ4v) is 3.11. The predicted octanol–water partition coefficient (Wildman–Crippen LogP) is 5.29. The number of rotatable bonds is 7. The summed E-state index contributed by atoms with van der Waals surface area (Å²) in [6.45, 7) is 0.793. The molecule has 0 unspecified atom stereocenters. The molecule has 3 rings (SSSR count). The molecule has 0 radical (unpaired) electrons. The third kappa shape index (κ3) is 5.56. The van der Waals surface area contributed by atoms with Crippen LogP contribution < -0.4 is 4.74 Å². The van der Waals surface area contributed by atoms with Gasteiger partial charge in [0.2, 0.25) is 0 Å². The highest BCUT2D eigenvalue weighted by molar-refractivity contribution is 14.1. The van der Waals surface area contributed by atoms with Gasteiger partial charge >= 0.3 is 0 Å². The number of nitrogens with zero attached hydrogens (tertiary/aromatic N) is 2. The second-order valence-electron chi connectivity index (χ2n) is 5.74. The summed E-state index contributed by atoms with van der Waals surface area (Å²) < 4.78 is 6.88. The van der Waals surface area contributed by atoms with Gasteiger partial charge in [-0.05, 0) is 58.0 Å². The molecule has 134 valence electrons. The lowest BCUT2D eigenvalue weighted by Crippen LogP contribution is -1.97. The Morgan fingerprint density at radius 1 is 0.963 bits per heavy atom. The molecule has 0 aliphatic heterocycles. The van der Waals surface area contributed by atoms with E-state index in [-0.39, 0.29) is 6.61 Å². The highest BCUT2D eigenvalue weighted by Crippen LogP contribution is 2.22. The van der Waals surface area contributed by atoms with Gasteiger partial charge in [0.05, 0.1) is 21.4 Å². The van der Waals surface area contributed by atoms with Crippen molar-refractivity contribution in [3.8, 4) is 11.8 Å². The Balaban J connectivity index is 1.55. The predicted molar refractivity (Wildman–Crippen MR) is 113 cm³/mol. The van der Waals surface area contributed by atoms with Crippen LogP contribution in [0, 0.1) is 14.9 Å². The van der Waals surface area contributed by atoms with E-state index in [9.17, 15) is 0 Å². The topological polar surface area (TPSA) is 54.6 Å². The molecular weight excluding hydrogens is 451 g/mol. The van der Waals surface area contributed by atoms with E-state index in [0.29, 0.717) is 12.2 Å². The zero-order valence-corrected chi connectivity index (χ0v) is 16.7. The van der Waals surface area contributed by atoms with Gasteiger partial charge < -0.3 is 9.57 Å². The third-order valence-corrected chi connectivity index (χ3v) is 4.67. The van der Waals surface area contributed by atoms with Gasteiger partial charge in [-0.2, -0.15) is 5.26 Å². The van der Waals surface area contributed by atoms with Gasteiger partial charge in [0.1, 0.15) is 19.0 Å². The summed E-state index contributed by atoms with van der Waals surface area (Å²) >= 11 is 2.24. The molecule has 0 spiro atoms. The molecule has 0 heterocycles. The monoisotopic (exact) mass is 468 g/mol. The number of nitriles is 1. The highest BCUT2D eigenvalue weighted by atomic mass is 127. The molecule has 0 N–H and O–H groups in total. The van der Waals surface area contributed by atoms with Crippen LogP contribution >= 0.6 is 22.6 Å². The van der Waals surface area contributed by atoms with Crippen LogP contribution in [0.3, 0.4) is 0 Å². The molecule has 3 aromatic rings. The minimum atomic E-state index is 0.260. The molecule has 3 aromatic carbocycles. The van der Waals surface area contributed by atoms with Gasteiger partial charge in [-0.25, -0.2) is 0 Å². The van der Waals surface area contributed by atoms with Crippen LogP contribution in [0.15, 0.2) is 78.0 Å². The second kappa shape index (κ2) is 9.74. The van der Waals surface area contributed by atoms with Gasteiger partial charge in [-0.1, -0.05) is 53.7 Å². The molecule has 0 amide bonds. The van der Waals surface area contributed by atoms with Crippen LogP contribution in [-0.2, 0) is 18.1 Å². The fraction of sp³-hybridized carbons (Fsp3) is 0.0909.